The first-order valence-electron chi connectivity index (χ1n) is 7.52. The van der Waals surface area contributed by atoms with E-state index in [-0.39, 0.29) is 23.2 Å². The molecule has 3 rings (SSSR count). The first-order valence-corrected chi connectivity index (χ1v) is 7.52. The van der Waals surface area contributed by atoms with Crippen LogP contribution in [-0.2, 0) is 0 Å². The molecule has 6 heteroatoms. The second-order valence-electron chi connectivity index (χ2n) is 6.31. The molecule has 2 heterocycles. The van der Waals surface area contributed by atoms with Gasteiger partial charge in [-0.05, 0) is 37.6 Å². The first-order chi connectivity index (χ1) is 9.66. The minimum Gasteiger partial charge on any atom is -0.349 e. The summed E-state index contributed by atoms with van der Waals surface area (Å²) in [6.07, 6.45) is 6.96. The van der Waals surface area contributed by atoms with E-state index in [9.17, 15) is 4.79 Å². The van der Waals surface area contributed by atoms with Gasteiger partial charge in [0.2, 0.25) is 5.89 Å². The predicted molar refractivity (Wildman–Crippen MR) is 73.2 cm³/mol. The van der Waals surface area contributed by atoms with E-state index in [1.807, 2.05) is 0 Å². The number of amides is 1. The van der Waals surface area contributed by atoms with Gasteiger partial charge in [-0.1, -0.05) is 24.9 Å². The van der Waals surface area contributed by atoms with E-state index in [1.165, 1.54) is 25.7 Å². The SMILES string of the molecule is CC1(CNC(=O)c2noc(C3CCCN3)n2)CCCC1. The number of hydrogen-bond donors (Lipinski definition) is 2. The molecule has 1 saturated heterocycles. The van der Waals surface area contributed by atoms with Crippen molar-refractivity contribution in [3.8, 4) is 0 Å². The topological polar surface area (TPSA) is 80.0 Å². The number of aromatic nitrogens is 2. The van der Waals surface area contributed by atoms with Crippen LogP contribution >= 0.6 is 0 Å². The van der Waals surface area contributed by atoms with Gasteiger partial charge in [0.25, 0.3) is 11.7 Å². The Morgan fingerprint density at radius 2 is 2.25 bits per heavy atom. The summed E-state index contributed by atoms with van der Waals surface area (Å²) >= 11 is 0. The summed E-state index contributed by atoms with van der Waals surface area (Å²) in [7, 11) is 0. The van der Waals surface area contributed by atoms with Crippen LogP contribution in [0.3, 0.4) is 0 Å². The second kappa shape index (κ2) is 5.52. The second-order valence-corrected chi connectivity index (χ2v) is 6.31. The Morgan fingerprint density at radius 3 is 2.95 bits per heavy atom. The molecular weight excluding hydrogens is 256 g/mol. The highest BCUT2D eigenvalue weighted by atomic mass is 16.5. The molecule has 1 aromatic heterocycles. The summed E-state index contributed by atoms with van der Waals surface area (Å²) in [6, 6.07) is 0.108. The minimum atomic E-state index is -0.230. The molecule has 1 aliphatic heterocycles. The normalized spacial score (nSPS) is 24.9. The van der Waals surface area contributed by atoms with Crippen molar-refractivity contribution in [2.24, 2.45) is 5.41 Å². The van der Waals surface area contributed by atoms with Gasteiger partial charge in [-0.2, -0.15) is 4.98 Å². The molecule has 1 atom stereocenters. The molecule has 1 saturated carbocycles. The van der Waals surface area contributed by atoms with E-state index in [2.05, 4.69) is 27.7 Å². The Kier molecular flexibility index (Phi) is 3.74. The average molecular weight is 278 g/mol. The average Bonchev–Trinajstić information content (AvgIpc) is 3.16. The zero-order valence-corrected chi connectivity index (χ0v) is 11.9. The lowest BCUT2D eigenvalue weighted by Gasteiger charge is -2.23. The fourth-order valence-corrected chi connectivity index (χ4v) is 3.14. The molecule has 2 aliphatic rings. The monoisotopic (exact) mass is 278 g/mol. The maximum atomic E-state index is 12.1. The van der Waals surface area contributed by atoms with Gasteiger partial charge in [0, 0.05) is 6.54 Å². The van der Waals surface area contributed by atoms with Crippen LogP contribution < -0.4 is 10.6 Å². The largest absolute Gasteiger partial charge is 0.349 e. The van der Waals surface area contributed by atoms with Crippen LogP contribution in [0.5, 0.6) is 0 Å². The van der Waals surface area contributed by atoms with E-state index in [1.54, 1.807) is 0 Å². The van der Waals surface area contributed by atoms with E-state index in [0.717, 1.165) is 19.4 Å². The van der Waals surface area contributed by atoms with Crippen LogP contribution in [-0.4, -0.2) is 29.1 Å². The molecular formula is C14H22N4O2. The molecule has 0 aromatic carbocycles. The van der Waals surface area contributed by atoms with Gasteiger partial charge in [0.05, 0.1) is 6.04 Å². The predicted octanol–water partition coefficient (Wildman–Crippen LogP) is 1.80. The Bertz CT molecular complexity index is 473. The number of carbonyl (C=O) groups is 1. The highest BCUT2D eigenvalue weighted by molar-refractivity contribution is 5.90. The summed E-state index contributed by atoms with van der Waals surface area (Å²) in [5, 5.41) is 10.0. The molecule has 20 heavy (non-hydrogen) atoms. The fraction of sp³-hybridized carbons (Fsp3) is 0.786. The number of carbonyl (C=O) groups excluding carboxylic acids is 1. The Labute approximate surface area is 118 Å². The highest BCUT2D eigenvalue weighted by Gasteiger charge is 2.30. The summed E-state index contributed by atoms with van der Waals surface area (Å²) in [5.41, 5.74) is 0.231. The van der Waals surface area contributed by atoms with Crippen molar-refractivity contribution in [1.29, 1.82) is 0 Å². The van der Waals surface area contributed by atoms with E-state index < -0.39 is 0 Å². The maximum absolute atomic E-state index is 12.1. The fourth-order valence-electron chi connectivity index (χ4n) is 3.14. The molecule has 1 amide bonds. The molecule has 1 aliphatic carbocycles. The van der Waals surface area contributed by atoms with Crippen LogP contribution in [0.2, 0.25) is 0 Å². The minimum absolute atomic E-state index is 0.108. The third-order valence-electron chi connectivity index (χ3n) is 4.49. The Morgan fingerprint density at radius 1 is 1.45 bits per heavy atom. The quantitative estimate of drug-likeness (QED) is 0.878. The Hall–Kier alpha value is -1.43. The van der Waals surface area contributed by atoms with Crippen molar-refractivity contribution in [1.82, 2.24) is 20.8 Å². The summed E-state index contributed by atoms with van der Waals surface area (Å²) in [4.78, 5) is 16.3. The van der Waals surface area contributed by atoms with Crippen LogP contribution in [0.4, 0.5) is 0 Å². The van der Waals surface area contributed by atoms with Gasteiger partial charge >= 0.3 is 0 Å². The first kappa shape index (κ1) is 13.5. The van der Waals surface area contributed by atoms with E-state index in [4.69, 9.17) is 4.52 Å². The van der Waals surface area contributed by atoms with E-state index >= 15 is 0 Å². The zero-order valence-electron chi connectivity index (χ0n) is 11.9. The third-order valence-corrected chi connectivity index (χ3v) is 4.49. The third kappa shape index (κ3) is 2.85. The molecule has 2 N–H and O–H groups in total. The van der Waals surface area contributed by atoms with Gasteiger partial charge in [0.15, 0.2) is 0 Å². The zero-order chi connectivity index (χ0) is 14.0. The Balaban J connectivity index is 1.57. The number of hydrogen-bond acceptors (Lipinski definition) is 5. The van der Waals surface area contributed by atoms with Gasteiger partial charge < -0.3 is 15.2 Å². The number of nitrogens with one attached hydrogen (secondary N) is 2. The molecule has 0 spiro atoms. The standard InChI is InChI=1S/C14H22N4O2/c1-14(6-2-3-7-14)9-16-12(19)11-17-13(20-18-11)10-5-4-8-15-10/h10,15H,2-9H2,1H3,(H,16,19). The summed E-state index contributed by atoms with van der Waals surface area (Å²) < 4.78 is 5.18. The van der Waals surface area contributed by atoms with Gasteiger partial charge in [-0.15, -0.1) is 0 Å². The van der Waals surface area contributed by atoms with Crippen molar-refractivity contribution in [3.63, 3.8) is 0 Å². The lowest BCUT2D eigenvalue weighted by molar-refractivity contribution is 0.0921. The number of rotatable bonds is 4. The number of nitrogens with zero attached hydrogens (tertiary/aromatic N) is 2. The summed E-state index contributed by atoms with van der Waals surface area (Å²) in [5.74, 6) is 0.446. The smallest absolute Gasteiger partial charge is 0.292 e. The lowest BCUT2D eigenvalue weighted by Crippen LogP contribution is -2.34. The van der Waals surface area contributed by atoms with Crippen LogP contribution in [0, 0.1) is 5.41 Å². The molecule has 1 unspecified atom stereocenters. The van der Waals surface area contributed by atoms with Gasteiger partial charge in [-0.25, -0.2) is 0 Å². The molecule has 1 aromatic rings. The molecule has 6 nitrogen and oxygen atoms in total. The summed E-state index contributed by atoms with van der Waals surface area (Å²) in [6.45, 7) is 3.88. The molecule has 110 valence electrons. The van der Waals surface area contributed by atoms with Crippen molar-refractivity contribution >= 4 is 5.91 Å². The van der Waals surface area contributed by atoms with Crippen molar-refractivity contribution < 1.29 is 9.32 Å². The van der Waals surface area contributed by atoms with E-state index in [0.29, 0.717) is 12.4 Å². The van der Waals surface area contributed by atoms with Gasteiger partial charge in [0.1, 0.15) is 0 Å². The van der Waals surface area contributed by atoms with Gasteiger partial charge in [-0.3, -0.25) is 4.79 Å². The van der Waals surface area contributed by atoms with Crippen molar-refractivity contribution in [2.75, 3.05) is 13.1 Å². The van der Waals surface area contributed by atoms with Crippen LogP contribution in [0.15, 0.2) is 4.52 Å². The van der Waals surface area contributed by atoms with Crippen LogP contribution in [0.25, 0.3) is 0 Å². The van der Waals surface area contributed by atoms with Crippen LogP contribution in [0.1, 0.15) is 68.0 Å². The highest BCUT2D eigenvalue weighted by Crippen LogP contribution is 2.36. The molecule has 0 bridgehead atoms. The lowest BCUT2D eigenvalue weighted by atomic mass is 9.89. The van der Waals surface area contributed by atoms with Crippen molar-refractivity contribution in [2.45, 2.75) is 51.5 Å². The molecule has 0 radical (unpaired) electrons. The molecule has 2 fully saturated rings. The maximum Gasteiger partial charge on any atom is 0.292 e. The van der Waals surface area contributed by atoms with Crippen molar-refractivity contribution in [3.05, 3.63) is 11.7 Å².